The van der Waals surface area contributed by atoms with Gasteiger partial charge in [0.15, 0.2) is 0 Å². The lowest BCUT2D eigenvalue weighted by Gasteiger charge is -2.30. The second-order valence-electron chi connectivity index (χ2n) is 3.87. The van der Waals surface area contributed by atoms with Crippen molar-refractivity contribution in [3.05, 3.63) is 11.8 Å². The Labute approximate surface area is 101 Å². The standard InChI is InChI=1S/C12H19NO4/c1-4-17-11(14)9(2)10-7-5-6-8-13(10)12(15)16-3/h7,9H,4-6,8H2,1-3H3. The first-order valence-corrected chi connectivity index (χ1v) is 5.84. The van der Waals surface area contributed by atoms with Crippen LogP contribution in [0.15, 0.2) is 11.8 Å². The van der Waals surface area contributed by atoms with E-state index in [2.05, 4.69) is 0 Å². The number of amides is 1. The average molecular weight is 241 g/mol. The van der Waals surface area contributed by atoms with E-state index in [0.29, 0.717) is 18.8 Å². The number of allylic oxidation sites excluding steroid dienone is 1. The maximum Gasteiger partial charge on any atom is 0.413 e. The summed E-state index contributed by atoms with van der Waals surface area (Å²) in [5.74, 6) is -0.746. The number of hydrogen-bond acceptors (Lipinski definition) is 4. The second kappa shape index (κ2) is 6.27. The number of hydrogen-bond donors (Lipinski definition) is 0. The normalized spacial score (nSPS) is 17.1. The summed E-state index contributed by atoms with van der Waals surface area (Å²) in [6.07, 6.45) is 3.23. The Kier molecular flexibility index (Phi) is 5.00. The molecule has 1 unspecified atom stereocenters. The minimum absolute atomic E-state index is 0.311. The quantitative estimate of drug-likeness (QED) is 0.708. The Bertz CT molecular complexity index is 324. The van der Waals surface area contributed by atoms with E-state index < -0.39 is 12.0 Å². The molecule has 0 aromatic carbocycles. The zero-order chi connectivity index (χ0) is 12.8. The number of carbonyl (C=O) groups is 2. The number of rotatable bonds is 3. The molecule has 1 rings (SSSR count). The molecule has 96 valence electrons. The van der Waals surface area contributed by atoms with Gasteiger partial charge < -0.3 is 9.47 Å². The minimum atomic E-state index is -0.436. The third-order valence-electron chi connectivity index (χ3n) is 2.73. The van der Waals surface area contributed by atoms with E-state index in [0.717, 1.165) is 12.8 Å². The van der Waals surface area contributed by atoms with Crippen LogP contribution in [0.5, 0.6) is 0 Å². The molecule has 1 amide bonds. The van der Waals surface area contributed by atoms with Gasteiger partial charge in [0.25, 0.3) is 0 Å². The molecule has 0 saturated heterocycles. The summed E-state index contributed by atoms with van der Waals surface area (Å²) in [6, 6.07) is 0. The Morgan fingerprint density at radius 3 is 2.82 bits per heavy atom. The molecule has 5 heteroatoms. The number of nitrogens with zero attached hydrogens (tertiary/aromatic N) is 1. The predicted octanol–water partition coefficient (Wildman–Crippen LogP) is 1.93. The highest BCUT2D eigenvalue weighted by molar-refractivity contribution is 5.78. The van der Waals surface area contributed by atoms with Crippen LogP contribution in [0, 0.1) is 5.92 Å². The van der Waals surface area contributed by atoms with Crippen LogP contribution >= 0.6 is 0 Å². The van der Waals surface area contributed by atoms with Gasteiger partial charge >= 0.3 is 12.1 Å². The largest absolute Gasteiger partial charge is 0.465 e. The van der Waals surface area contributed by atoms with Crippen LogP contribution in [-0.4, -0.2) is 37.2 Å². The summed E-state index contributed by atoms with van der Waals surface area (Å²) in [4.78, 5) is 24.7. The fourth-order valence-electron chi connectivity index (χ4n) is 1.84. The summed E-state index contributed by atoms with van der Waals surface area (Å²) >= 11 is 0. The highest BCUT2D eigenvalue weighted by Crippen LogP contribution is 2.23. The summed E-state index contributed by atoms with van der Waals surface area (Å²) < 4.78 is 9.66. The van der Waals surface area contributed by atoms with E-state index in [4.69, 9.17) is 9.47 Å². The summed E-state index contributed by atoms with van der Waals surface area (Å²) in [6.45, 7) is 4.43. The van der Waals surface area contributed by atoms with Crippen LogP contribution in [0.3, 0.4) is 0 Å². The minimum Gasteiger partial charge on any atom is -0.465 e. The van der Waals surface area contributed by atoms with E-state index >= 15 is 0 Å². The number of ether oxygens (including phenoxy) is 2. The molecule has 0 bridgehead atoms. The van der Waals surface area contributed by atoms with Crippen LogP contribution in [0.1, 0.15) is 26.7 Å². The molecule has 0 aromatic heterocycles. The molecule has 0 radical (unpaired) electrons. The van der Waals surface area contributed by atoms with Crippen molar-refractivity contribution in [2.24, 2.45) is 5.92 Å². The third-order valence-corrected chi connectivity index (χ3v) is 2.73. The summed E-state index contributed by atoms with van der Waals surface area (Å²) in [7, 11) is 1.34. The zero-order valence-electron chi connectivity index (χ0n) is 10.6. The SMILES string of the molecule is CCOC(=O)C(C)C1=CCCCN1C(=O)OC. The van der Waals surface area contributed by atoms with Gasteiger partial charge in [-0.1, -0.05) is 6.08 Å². The lowest BCUT2D eigenvalue weighted by Crippen LogP contribution is -2.37. The molecule has 17 heavy (non-hydrogen) atoms. The monoisotopic (exact) mass is 241 g/mol. The van der Waals surface area contributed by atoms with E-state index in [-0.39, 0.29) is 5.97 Å². The van der Waals surface area contributed by atoms with Gasteiger partial charge in [0.05, 0.1) is 19.6 Å². The van der Waals surface area contributed by atoms with Crippen molar-refractivity contribution < 1.29 is 19.1 Å². The van der Waals surface area contributed by atoms with Crippen molar-refractivity contribution in [2.75, 3.05) is 20.3 Å². The van der Waals surface area contributed by atoms with Gasteiger partial charge in [-0.15, -0.1) is 0 Å². The van der Waals surface area contributed by atoms with Gasteiger partial charge in [0, 0.05) is 12.2 Å². The highest BCUT2D eigenvalue weighted by atomic mass is 16.5. The van der Waals surface area contributed by atoms with Gasteiger partial charge in [-0.2, -0.15) is 0 Å². The summed E-state index contributed by atoms with van der Waals surface area (Å²) in [5.41, 5.74) is 0.682. The second-order valence-corrected chi connectivity index (χ2v) is 3.87. The average Bonchev–Trinajstić information content (AvgIpc) is 2.37. The first-order chi connectivity index (χ1) is 8.11. The van der Waals surface area contributed by atoms with Gasteiger partial charge in [-0.3, -0.25) is 9.69 Å². The molecule has 0 spiro atoms. The molecule has 1 aliphatic heterocycles. The molecular formula is C12H19NO4. The van der Waals surface area contributed by atoms with Crippen molar-refractivity contribution >= 4 is 12.1 Å². The van der Waals surface area contributed by atoms with Crippen LogP contribution in [0.4, 0.5) is 4.79 Å². The molecule has 0 fully saturated rings. The Hall–Kier alpha value is -1.52. The van der Waals surface area contributed by atoms with Crippen molar-refractivity contribution in [3.63, 3.8) is 0 Å². The van der Waals surface area contributed by atoms with E-state index in [9.17, 15) is 9.59 Å². The lowest BCUT2D eigenvalue weighted by molar-refractivity contribution is -0.146. The molecular weight excluding hydrogens is 222 g/mol. The molecule has 1 heterocycles. The Balaban J connectivity index is 2.81. The topological polar surface area (TPSA) is 55.8 Å². The number of methoxy groups -OCH3 is 1. The van der Waals surface area contributed by atoms with Gasteiger partial charge in [0.2, 0.25) is 0 Å². The fraction of sp³-hybridized carbons (Fsp3) is 0.667. The Morgan fingerprint density at radius 2 is 2.24 bits per heavy atom. The highest BCUT2D eigenvalue weighted by Gasteiger charge is 2.29. The van der Waals surface area contributed by atoms with Crippen LogP contribution in [0.25, 0.3) is 0 Å². The van der Waals surface area contributed by atoms with Crippen molar-refractivity contribution in [1.82, 2.24) is 4.90 Å². The van der Waals surface area contributed by atoms with E-state index in [1.807, 2.05) is 6.08 Å². The molecule has 0 N–H and O–H groups in total. The smallest absolute Gasteiger partial charge is 0.413 e. The molecule has 0 aliphatic carbocycles. The van der Waals surface area contributed by atoms with E-state index in [1.165, 1.54) is 12.0 Å². The van der Waals surface area contributed by atoms with E-state index in [1.54, 1.807) is 13.8 Å². The number of esters is 1. The molecule has 1 atom stereocenters. The van der Waals surface area contributed by atoms with Crippen LogP contribution < -0.4 is 0 Å². The van der Waals surface area contributed by atoms with Crippen molar-refractivity contribution in [2.45, 2.75) is 26.7 Å². The fourth-order valence-corrected chi connectivity index (χ4v) is 1.84. The van der Waals surface area contributed by atoms with Crippen molar-refractivity contribution in [1.29, 1.82) is 0 Å². The first-order valence-electron chi connectivity index (χ1n) is 5.84. The molecule has 1 aliphatic rings. The summed E-state index contributed by atoms with van der Waals surface area (Å²) in [5, 5.41) is 0. The Morgan fingerprint density at radius 1 is 1.53 bits per heavy atom. The maximum atomic E-state index is 11.7. The van der Waals surface area contributed by atoms with Gasteiger partial charge in [-0.05, 0) is 26.7 Å². The number of carbonyl (C=O) groups excluding carboxylic acids is 2. The maximum absolute atomic E-state index is 11.7. The van der Waals surface area contributed by atoms with Crippen LogP contribution in [0.2, 0.25) is 0 Å². The zero-order valence-corrected chi connectivity index (χ0v) is 10.6. The molecule has 0 saturated carbocycles. The lowest BCUT2D eigenvalue weighted by atomic mass is 10.0. The van der Waals surface area contributed by atoms with Gasteiger partial charge in [0.1, 0.15) is 0 Å². The van der Waals surface area contributed by atoms with Gasteiger partial charge in [-0.25, -0.2) is 4.79 Å². The van der Waals surface area contributed by atoms with Crippen molar-refractivity contribution in [3.8, 4) is 0 Å². The molecule has 0 aromatic rings. The first kappa shape index (κ1) is 13.5. The van der Waals surface area contributed by atoms with Crippen LogP contribution in [-0.2, 0) is 14.3 Å². The predicted molar refractivity (Wildman–Crippen MR) is 62.2 cm³/mol. The molecule has 5 nitrogen and oxygen atoms in total. The third kappa shape index (κ3) is 3.22.